The molecule has 3 aromatic carbocycles. The molecule has 1 N–H and O–H groups in total. The highest BCUT2D eigenvalue weighted by Gasteiger charge is 2.23. The molecule has 0 bridgehead atoms. The normalized spacial score (nSPS) is 11.8. The lowest BCUT2D eigenvalue weighted by Gasteiger charge is -2.17. The van der Waals surface area contributed by atoms with Crippen LogP contribution in [0.2, 0.25) is 0 Å². The molecule has 4 aromatic rings. The highest BCUT2D eigenvalue weighted by atomic mass is 16.5. The molecule has 1 aromatic heterocycles. The monoisotopic (exact) mass is 560 g/mol. The first-order chi connectivity index (χ1) is 20.0. The van der Waals surface area contributed by atoms with Crippen LogP contribution in [0.3, 0.4) is 0 Å². The maximum atomic E-state index is 12.4. The van der Waals surface area contributed by atoms with Crippen molar-refractivity contribution >= 4 is 39.7 Å². The Kier molecular flexibility index (Phi) is 10.7. The zero-order valence-electron chi connectivity index (χ0n) is 23.5. The van der Waals surface area contributed by atoms with Gasteiger partial charge in [0.15, 0.2) is 5.58 Å². The van der Waals surface area contributed by atoms with Gasteiger partial charge in [0.2, 0.25) is 11.8 Å². The smallest absolute Gasteiger partial charge is 0.328 e. The number of amides is 1. The SMILES string of the molecule is CCOC(=O)CCC(NC(=O)CCCCCOc1ccc2cc(-c3nc4ccccc4o3)ccc2c1)C(=O)OCC. The Bertz CT molecular complexity index is 1450. The minimum Gasteiger partial charge on any atom is -0.494 e. The number of ether oxygens (including phenoxy) is 3. The van der Waals surface area contributed by atoms with Gasteiger partial charge in [0.25, 0.3) is 0 Å². The van der Waals surface area contributed by atoms with E-state index >= 15 is 0 Å². The average molecular weight is 561 g/mol. The number of para-hydroxylation sites is 2. The van der Waals surface area contributed by atoms with Crippen molar-refractivity contribution in [2.75, 3.05) is 19.8 Å². The summed E-state index contributed by atoms with van der Waals surface area (Å²) >= 11 is 0. The van der Waals surface area contributed by atoms with Crippen LogP contribution in [0.4, 0.5) is 0 Å². The third kappa shape index (κ3) is 8.54. The summed E-state index contributed by atoms with van der Waals surface area (Å²) in [6, 6.07) is 18.9. The van der Waals surface area contributed by atoms with Gasteiger partial charge < -0.3 is 23.9 Å². The molecule has 9 heteroatoms. The van der Waals surface area contributed by atoms with E-state index < -0.39 is 18.0 Å². The van der Waals surface area contributed by atoms with Crippen molar-refractivity contribution in [3.05, 3.63) is 60.7 Å². The number of fused-ring (bicyclic) bond motifs is 2. The van der Waals surface area contributed by atoms with E-state index in [1.807, 2.05) is 54.6 Å². The number of benzene rings is 3. The maximum absolute atomic E-state index is 12.4. The summed E-state index contributed by atoms with van der Waals surface area (Å²) in [6.07, 6.45) is 2.67. The van der Waals surface area contributed by atoms with Crippen LogP contribution >= 0.6 is 0 Å². The first-order valence-corrected chi connectivity index (χ1v) is 14.1. The lowest BCUT2D eigenvalue weighted by molar-refractivity contribution is -0.148. The number of unbranched alkanes of at least 4 members (excludes halogenated alkanes) is 2. The fourth-order valence-electron chi connectivity index (χ4n) is 4.45. The van der Waals surface area contributed by atoms with Crippen LogP contribution in [-0.4, -0.2) is 48.7 Å². The van der Waals surface area contributed by atoms with Crippen molar-refractivity contribution in [1.82, 2.24) is 10.3 Å². The number of hydrogen-bond acceptors (Lipinski definition) is 8. The molecular formula is C32H36N2O7. The van der Waals surface area contributed by atoms with Crippen molar-refractivity contribution in [1.29, 1.82) is 0 Å². The van der Waals surface area contributed by atoms with E-state index in [2.05, 4.69) is 16.4 Å². The van der Waals surface area contributed by atoms with Gasteiger partial charge in [0, 0.05) is 18.4 Å². The second kappa shape index (κ2) is 14.8. The van der Waals surface area contributed by atoms with E-state index in [-0.39, 0.29) is 38.4 Å². The third-order valence-electron chi connectivity index (χ3n) is 6.52. The van der Waals surface area contributed by atoms with Crippen molar-refractivity contribution in [3.63, 3.8) is 0 Å². The van der Waals surface area contributed by atoms with Crippen molar-refractivity contribution in [3.8, 4) is 17.2 Å². The number of hydrogen-bond donors (Lipinski definition) is 1. The summed E-state index contributed by atoms with van der Waals surface area (Å²) in [5, 5.41) is 4.81. The van der Waals surface area contributed by atoms with E-state index in [4.69, 9.17) is 18.6 Å². The zero-order valence-corrected chi connectivity index (χ0v) is 23.5. The van der Waals surface area contributed by atoms with Gasteiger partial charge in [-0.25, -0.2) is 9.78 Å². The number of carbonyl (C=O) groups is 3. The topological polar surface area (TPSA) is 117 Å². The van der Waals surface area contributed by atoms with Crippen molar-refractivity contribution in [2.45, 2.75) is 58.4 Å². The fraction of sp³-hybridized carbons (Fsp3) is 0.375. The number of carbonyl (C=O) groups excluding carboxylic acids is 3. The van der Waals surface area contributed by atoms with Gasteiger partial charge in [-0.1, -0.05) is 24.3 Å². The summed E-state index contributed by atoms with van der Waals surface area (Å²) in [7, 11) is 0. The standard InChI is InChI=1S/C32H36N2O7/c1-3-38-30(36)18-17-27(32(37)39-4-2)33-29(35)12-6-5-9-19-40-25-16-15-22-20-24(14-13-23(22)21-25)31-34-26-10-7-8-11-28(26)41-31/h7-8,10-11,13-16,20-21,27H,3-6,9,12,17-19H2,1-2H3,(H,33,35). The Balaban J connectivity index is 1.19. The van der Waals surface area contributed by atoms with E-state index in [1.54, 1.807) is 13.8 Å². The molecule has 1 amide bonds. The van der Waals surface area contributed by atoms with Crippen LogP contribution in [0.1, 0.15) is 52.4 Å². The summed E-state index contributed by atoms with van der Waals surface area (Å²) in [5.41, 5.74) is 2.51. The number of nitrogens with zero attached hydrogens (tertiary/aromatic N) is 1. The Labute approximate surface area is 239 Å². The average Bonchev–Trinajstić information content (AvgIpc) is 3.41. The highest BCUT2D eigenvalue weighted by molar-refractivity contribution is 5.88. The van der Waals surface area contributed by atoms with Gasteiger partial charge in [-0.15, -0.1) is 0 Å². The van der Waals surface area contributed by atoms with Crippen LogP contribution < -0.4 is 10.1 Å². The first-order valence-electron chi connectivity index (χ1n) is 14.1. The van der Waals surface area contributed by atoms with Gasteiger partial charge >= 0.3 is 11.9 Å². The first kappa shape index (κ1) is 29.6. The van der Waals surface area contributed by atoms with E-state index in [0.717, 1.165) is 46.0 Å². The van der Waals surface area contributed by atoms with Crippen molar-refractivity contribution < 1.29 is 33.0 Å². The van der Waals surface area contributed by atoms with Crippen molar-refractivity contribution in [2.24, 2.45) is 0 Å². The van der Waals surface area contributed by atoms with Crippen LogP contribution in [-0.2, 0) is 23.9 Å². The second-order valence-corrected chi connectivity index (χ2v) is 9.59. The Hall–Kier alpha value is -4.40. The molecule has 0 aliphatic heterocycles. The quantitative estimate of drug-likeness (QED) is 0.139. The van der Waals surface area contributed by atoms with Gasteiger partial charge in [-0.2, -0.15) is 0 Å². The predicted molar refractivity (Wildman–Crippen MR) is 155 cm³/mol. The van der Waals surface area contributed by atoms with E-state index in [0.29, 0.717) is 18.9 Å². The number of aromatic nitrogens is 1. The Morgan fingerprint density at radius 1 is 0.878 bits per heavy atom. The highest BCUT2D eigenvalue weighted by Crippen LogP contribution is 2.29. The second-order valence-electron chi connectivity index (χ2n) is 9.59. The molecule has 0 fully saturated rings. The molecule has 9 nitrogen and oxygen atoms in total. The molecule has 0 saturated carbocycles. The number of oxazole rings is 1. The molecule has 1 atom stereocenters. The fourth-order valence-corrected chi connectivity index (χ4v) is 4.45. The molecule has 216 valence electrons. The summed E-state index contributed by atoms with van der Waals surface area (Å²) in [4.78, 5) is 40.8. The molecular weight excluding hydrogens is 524 g/mol. The minimum atomic E-state index is -0.867. The lowest BCUT2D eigenvalue weighted by atomic mass is 10.1. The van der Waals surface area contributed by atoms with Crippen LogP contribution in [0.5, 0.6) is 5.75 Å². The van der Waals surface area contributed by atoms with E-state index in [9.17, 15) is 14.4 Å². The molecule has 1 heterocycles. The van der Waals surface area contributed by atoms with Crippen LogP contribution in [0.25, 0.3) is 33.3 Å². The van der Waals surface area contributed by atoms with E-state index in [1.165, 1.54) is 0 Å². The van der Waals surface area contributed by atoms with Crippen LogP contribution in [0, 0.1) is 0 Å². The van der Waals surface area contributed by atoms with Gasteiger partial charge in [0.1, 0.15) is 17.3 Å². The molecule has 0 aliphatic carbocycles. The molecule has 41 heavy (non-hydrogen) atoms. The molecule has 0 radical (unpaired) electrons. The van der Waals surface area contributed by atoms with Gasteiger partial charge in [-0.3, -0.25) is 9.59 Å². The molecule has 1 unspecified atom stereocenters. The predicted octanol–water partition coefficient (Wildman–Crippen LogP) is 5.98. The largest absolute Gasteiger partial charge is 0.494 e. The van der Waals surface area contributed by atoms with Gasteiger partial charge in [-0.05, 0) is 86.7 Å². The summed E-state index contributed by atoms with van der Waals surface area (Å²) in [5.74, 6) is 0.169. The molecule has 4 rings (SSSR count). The summed E-state index contributed by atoms with van der Waals surface area (Å²) < 4.78 is 21.8. The molecule has 0 aliphatic rings. The number of nitrogens with one attached hydrogen (secondary N) is 1. The van der Waals surface area contributed by atoms with Crippen LogP contribution in [0.15, 0.2) is 65.1 Å². The number of rotatable bonds is 15. The zero-order chi connectivity index (χ0) is 29.0. The third-order valence-corrected chi connectivity index (χ3v) is 6.52. The molecule has 0 spiro atoms. The van der Waals surface area contributed by atoms with Gasteiger partial charge in [0.05, 0.1) is 19.8 Å². The minimum absolute atomic E-state index is 0.0311. The summed E-state index contributed by atoms with van der Waals surface area (Å²) in [6.45, 7) is 4.40. The Morgan fingerprint density at radius 3 is 2.46 bits per heavy atom. The maximum Gasteiger partial charge on any atom is 0.328 e. The lowest BCUT2D eigenvalue weighted by Crippen LogP contribution is -2.42. The number of esters is 2. The molecule has 0 saturated heterocycles. The Morgan fingerprint density at radius 2 is 1.66 bits per heavy atom.